The van der Waals surface area contributed by atoms with Crippen molar-refractivity contribution >= 4 is 5.91 Å². The fourth-order valence-corrected chi connectivity index (χ4v) is 2.25. The van der Waals surface area contributed by atoms with Gasteiger partial charge in [0, 0.05) is 11.1 Å². The van der Waals surface area contributed by atoms with Crippen LogP contribution >= 0.6 is 0 Å². The molecule has 0 aromatic heterocycles. The summed E-state index contributed by atoms with van der Waals surface area (Å²) < 4.78 is 5.90. The second-order valence-electron chi connectivity index (χ2n) is 5.12. The number of amides is 1. The van der Waals surface area contributed by atoms with Crippen LogP contribution in [0, 0.1) is 20.8 Å². The third-order valence-corrected chi connectivity index (χ3v) is 3.54. The molecule has 0 radical (unpaired) electrons. The maximum Gasteiger partial charge on any atom is 0.265 e. The van der Waals surface area contributed by atoms with Crippen molar-refractivity contribution in [2.45, 2.75) is 27.4 Å². The third kappa shape index (κ3) is 3.41. The standard InChI is InChI=1S/C17H20N2O2/c1-11-8-12(2)13(3)16(9-11)21-10-14-6-4-5-7-15(14)17(20)19-18/h4-9H,10,18H2,1-3H3,(H,19,20). The van der Waals surface area contributed by atoms with E-state index in [1.807, 2.05) is 32.0 Å². The molecule has 0 fully saturated rings. The quantitative estimate of drug-likeness (QED) is 0.515. The van der Waals surface area contributed by atoms with E-state index in [4.69, 9.17) is 10.6 Å². The zero-order chi connectivity index (χ0) is 15.4. The molecule has 0 aliphatic carbocycles. The monoisotopic (exact) mass is 284 g/mol. The molecule has 0 spiro atoms. The van der Waals surface area contributed by atoms with Crippen molar-refractivity contribution in [2.75, 3.05) is 0 Å². The van der Waals surface area contributed by atoms with Crippen molar-refractivity contribution in [3.8, 4) is 5.75 Å². The molecule has 0 atom stereocenters. The molecule has 0 unspecified atom stereocenters. The van der Waals surface area contributed by atoms with Gasteiger partial charge in [-0.05, 0) is 49.6 Å². The normalized spacial score (nSPS) is 10.3. The van der Waals surface area contributed by atoms with Crippen molar-refractivity contribution in [1.82, 2.24) is 5.43 Å². The molecule has 0 saturated heterocycles. The van der Waals surface area contributed by atoms with Gasteiger partial charge in [-0.3, -0.25) is 10.2 Å². The van der Waals surface area contributed by atoms with Gasteiger partial charge in [-0.1, -0.05) is 24.3 Å². The van der Waals surface area contributed by atoms with E-state index in [0.29, 0.717) is 12.2 Å². The van der Waals surface area contributed by atoms with E-state index in [2.05, 4.69) is 18.4 Å². The Hall–Kier alpha value is -2.33. The number of carbonyl (C=O) groups excluding carboxylic acids is 1. The van der Waals surface area contributed by atoms with E-state index in [1.54, 1.807) is 12.1 Å². The van der Waals surface area contributed by atoms with Crippen LogP contribution in [0.3, 0.4) is 0 Å². The fraction of sp³-hybridized carbons (Fsp3) is 0.235. The maximum atomic E-state index is 11.7. The Morgan fingerprint density at radius 1 is 1.19 bits per heavy atom. The Labute approximate surface area is 124 Å². The number of carbonyl (C=O) groups is 1. The number of ether oxygens (including phenoxy) is 1. The molecule has 110 valence electrons. The molecule has 2 aromatic rings. The zero-order valence-corrected chi connectivity index (χ0v) is 12.6. The SMILES string of the molecule is Cc1cc(C)c(C)c(OCc2ccccc2C(=O)NN)c1. The van der Waals surface area contributed by atoms with Crippen LogP contribution in [0.5, 0.6) is 5.75 Å². The predicted molar refractivity (Wildman–Crippen MR) is 83.1 cm³/mol. The first kappa shape index (κ1) is 15.1. The van der Waals surface area contributed by atoms with E-state index in [1.165, 1.54) is 5.56 Å². The molecule has 3 N–H and O–H groups in total. The number of hydrogen-bond acceptors (Lipinski definition) is 3. The Bertz CT molecular complexity index is 666. The number of hydrazine groups is 1. The van der Waals surface area contributed by atoms with Gasteiger partial charge in [0.15, 0.2) is 0 Å². The summed E-state index contributed by atoms with van der Waals surface area (Å²) in [6.45, 7) is 6.45. The van der Waals surface area contributed by atoms with Crippen LogP contribution in [0.2, 0.25) is 0 Å². The Morgan fingerprint density at radius 3 is 2.62 bits per heavy atom. The minimum Gasteiger partial charge on any atom is -0.489 e. The fourth-order valence-electron chi connectivity index (χ4n) is 2.25. The highest BCUT2D eigenvalue weighted by atomic mass is 16.5. The molecule has 21 heavy (non-hydrogen) atoms. The highest BCUT2D eigenvalue weighted by Gasteiger charge is 2.11. The van der Waals surface area contributed by atoms with Crippen molar-refractivity contribution < 1.29 is 9.53 Å². The number of nitrogens with two attached hydrogens (primary N) is 1. The van der Waals surface area contributed by atoms with Gasteiger partial charge in [-0.2, -0.15) is 0 Å². The van der Waals surface area contributed by atoms with Crippen LogP contribution in [0.15, 0.2) is 36.4 Å². The lowest BCUT2D eigenvalue weighted by Gasteiger charge is -2.14. The van der Waals surface area contributed by atoms with Crippen LogP contribution in [-0.2, 0) is 6.61 Å². The molecule has 2 rings (SSSR count). The highest BCUT2D eigenvalue weighted by molar-refractivity contribution is 5.95. The van der Waals surface area contributed by atoms with Crippen LogP contribution in [0.4, 0.5) is 0 Å². The van der Waals surface area contributed by atoms with Crippen molar-refractivity contribution in [2.24, 2.45) is 5.84 Å². The predicted octanol–water partition coefficient (Wildman–Crippen LogP) is 2.79. The zero-order valence-electron chi connectivity index (χ0n) is 12.6. The van der Waals surface area contributed by atoms with Crippen molar-refractivity contribution in [1.29, 1.82) is 0 Å². The van der Waals surface area contributed by atoms with E-state index in [0.717, 1.165) is 22.4 Å². The lowest BCUT2D eigenvalue weighted by atomic mass is 10.1. The van der Waals surface area contributed by atoms with E-state index >= 15 is 0 Å². The summed E-state index contributed by atoms with van der Waals surface area (Å²) in [5.74, 6) is 5.73. The summed E-state index contributed by atoms with van der Waals surface area (Å²) in [5.41, 5.74) is 6.95. The summed E-state index contributed by atoms with van der Waals surface area (Å²) in [4.78, 5) is 11.7. The van der Waals surface area contributed by atoms with Gasteiger partial charge in [0.1, 0.15) is 12.4 Å². The molecule has 4 heteroatoms. The first-order chi connectivity index (χ1) is 10.0. The minimum absolute atomic E-state index is 0.314. The van der Waals surface area contributed by atoms with E-state index in [9.17, 15) is 4.79 Å². The molecule has 2 aromatic carbocycles. The van der Waals surface area contributed by atoms with Crippen LogP contribution in [0.1, 0.15) is 32.6 Å². The van der Waals surface area contributed by atoms with Gasteiger partial charge < -0.3 is 4.74 Å². The molecular weight excluding hydrogens is 264 g/mol. The second kappa shape index (κ2) is 6.41. The van der Waals surface area contributed by atoms with Gasteiger partial charge in [0.25, 0.3) is 5.91 Å². The van der Waals surface area contributed by atoms with E-state index < -0.39 is 0 Å². The second-order valence-corrected chi connectivity index (χ2v) is 5.12. The molecule has 0 saturated carbocycles. The smallest absolute Gasteiger partial charge is 0.265 e. The largest absolute Gasteiger partial charge is 0.489 e. The Morgan fingerprint density at radius 2 is 1.90 bits per heavy atom. The van der Waals surface area contributed by atoms with Crippen LogP contribution in [-0.4, -0.2) is 5.91 Å². The number of benzene rings is 2. The van der Waals surface area contributed by atoms with Crippen molar-refractivity contribution in [3.05, 3.63) is 64.2 Å². The molecule has 0 heterocycles. The summed E-state index contributed by atoms with van der Waals surface area (Å²) in [6, 6.07) is 11.4. The topological polar surface area (TPSA) is 64.3 Å². The third-order valence-electron chi connectivity index (χ3n) is 3.54. The molecule has 4 nitrogen and oxygen atoms in total. The average Bonchev–Trinajstić information content (AvgIpc) is 2.49. The molecule has 1 amide bonds. The lowest BCUT2D eigenvalue weighted by Crippen LogP contribution is -2.30. The van der Waals surface area contributed by atoms with Gasteiger partial charge in [-0.25, -0.2) is 5.84 Å². The first-order valence-corrected chi connectivity index (χ1v) is 6.82. The molecule has 0 aliphatic rings. The first-order valence-electron chi connectivity index (χ1n) is 6.82. The molecular formula is C17H20N2O2. The van der Waals surface area contributed by atoms with Crippen LogP contribution in [0.25, 0.3) is 0 Å². The van der Waals surface area contributed by atoms with Crippen LogP contribution < -0.4 is 16.0 Å². The number of nitrogens with one attached hydrogen (secondary N) is 1. The number of rotatable bonds is 4. The number of hydrogen-bond donors (Lipinski definition) is 2. The molecule has 0 aliphatic heterocycles. The average molecular weight is 284 g/mol. The Kier molecular flexibility index (Phi) is 4.60. The van der Waals surface area contributed by atoms with Gasteiger partial charge >= 0.3 is 0 Å². The highest BCUT2D eigenvalue weighted by Crippen LogP contribution is 2.24. The number of nitrogen functional groups attached to an aromatic ring is 1. The van der Waals surface area contributed by atoms with E-state index in [-0.39, 0.29) is 5.91 Å². The van der Waals surface area contributed by atoms with Gasteiger partial charge in [0.2, 0.25) is 0 Å². The summed E-state index contributed by atoms with van der Waals surface area (Å²) in [6.07, 6.45) is 0. The summed E-state index contributed by atoms with van der Waals surface area (Å²) in [5, 5.41) is 0. The molecule has 0 bridgehead atoms. The minimum atomic E-state index is -0.314. The summed E-state index contributed by atoms with van der Waals surface area (Å²) in [7, 11) is 0. The summed E-state index contributed by atoms with van der Waals surface area (Å²) >= 11 is 0. The van der Waals surface area contributed by atoms with Gasteiger partial charge in [0.05, 0.1) is 0 Å². The Balaban J connectivity index is 2.23. The van der Waals surface area contributed by atoms with Crippen molar-refractivity contribution in [3.63, 3.8) is 0 Å². The lowest BCUT2D eigenvalue weighted by molar-refractivity contribution is 0.0951. The van der Waals surface area contributed by atoms with Gasteiger partial charge in [-0.15, -0.1) is 0 Å². The maximum absolute atomic E-state index is 11.7. The number of aryl methyl sites for hydroxylation is 2.